The molecule has 2 heterocycles. The third kappa shape index (κ3) is 4.94. The molecule has 0 fully saturated rings. The Balaban J connectivity index is 0.00000274. The van der Waals surface area contributed by atoms with Gasteiger partial charge in [-0.25, -0.2) is 0 Å². The Morgan fingerprint density at radius 2 is 1.59 bits per heavy atom. The minimum Gasteiger partial charge on any atom is -1.00 e. The molecule has 0 radical (unpaired) electrons. The molecule has 0 aliphatic carbocycles. The lowest BCUT2D eigenvalue weighted by Gasteiger charge is -2.29. The molecule has 1 aliphatic heterocycles. The van der Waals surface area contributed by atoms with Crippen LogP contribution >= 0.6 is 11.6 Å². The van der Waals surface area contributed by atoms with Crippen molar-refractivity contribution < 1.29 is 28.5 Å². The number of aromatic nitrogens is 3. The van der Waals surface area contributed by atoms with Crippen LogP contribution in [0.1, 0.15) is 34.3 Å². The van der Waals surface area contributed by atoms with E-state index in [1.54, 1.807) is 0 Å². The summed E-state index contributed by atoms with van der Waals surface area (Å²) in [6, 6.07) is 26.8. The largest absolute Gasteiger partial charge is 1.00 e. The highest BCUT2D eigenvalue weighted by atomic mass is 127. The van der Waals surface area contributed by atoms with E-state index in [1.165, 1.54) is 5.56 Å². The second kappa shape index (κ2) is 9.98. The smallest absolute Gasteiger partial charge is 0.159 e. The minimum atomic E-state index is 0. The molecule has 5 nitrogen and oxygen atoms in total. The lowest BCUT2D eigenvalue weighted by molar-refractivity contribution is -0.871. The zero-order valence-corrected chi connectivity index (χ0v) is 22.4. The molecular weight excluding hydrogens is 557 g/mol. The normalized spacial score (nSPS) is 13.7. The SMILES string of the molecule is C[N+](C)(C)CC(c1ccccc1)c1nnc2n1-c1ccc(Cl)cc1C(c1ccccc1)=NC2.[I-]. The van der Waals surface area contributed by atoms with Crippen LogP contribution in [0.2, 0.25) is 5.02 Å². The van der Waals surface area contributed by atoms with E-state index in [4.69, 9.17) is 21.7 Å². The van der Waals surface area contributed by atoms with Gasteiger partial charge in [0.15, 0.2) is 11.6 Å². The lowest BCUT2D eigenvalue weighted by Crippen LogP contribution is -3.00. The number of benzene rings is 3. The maximum absolute atomic E-state index is 6.47. The van der Waals surface area contributed by atoms with Gasteiger partial charge in [-0.1, -0.05) is 72.3 Å². The van der Waals surface area contributed by atoms with Crippen molar-refractivity contribution in [3.63, 3.8) is 0 Å². The summed E-state index contributed by atoms with van der Waals surface area (Å²) >= 11 is 6.47. The van der Waals surface area contributed by atoms with E-state index >= 15 is 0 Å². The van der Waals surface area contributed by atoms with Crippen LogP contribution in [0.5, 0.6) is 0 Å². The summed E-state index contributed by atoms with van der Waals surface area (Å²) in [6.45, 7) is 1.34. The summed E-state index contributed by atoms with van der Waals surface area (Å²) in [7, 11) is 6.62. The van der Waals surface area contributed by atoms with Gasteiger partial charge in [-0.2, -0.15) is 0 Å². The highest BCUT2D eigenvalue weighted by Gasteiger charge is 2.31. The molecule has 34 heavy (non-hydrogen) atoms. The minimum absolute atomic E-state index is 0. The van der Waals surface area contributed by atoms with Gasteiger partial charge in [0.1, 0.15) is 6.54 Å². The molecular formula is C27H27ClIN5. The van der Waals surface area contributed by atoms with Crippen molar-refractivity contribution in [2.75, 3.05) is 27.7 Å². The fourth-order valence-electron chi connectivity index (χ4n) is 4.46. The molecule has 3 aromatic carbocycles. The van der Waals surface area contributed by atoms with Gasteiger partial charge in [-0.05, 0) is 23.8 Å². The van der Waals surface area contributed by atoms with Crippen LogP contribution < -0.4 is 24.0 Å². The van der Waals surface area contributed by atoms with Crippen molar-refractivity contribution >= 4 is 17.3 Å². The number of nitrogens with zero attached hydrogens (tertiary/aromatic N) is 5. The van der Waals surface area contributed by atoms with Crippen molar-refractivity contribution in [2.24, 2.45) is 4.99 Å². The summed E-state index contributed by atoms with van der Waals surface area (Å²) in [5, 5.41) is 10.0. The summed E-state index contributed by atoms with van der Waals surface area (Å²) in [5.41, 5.74) is 5.21. The summed E-state index contributed by atoms with van der Waals surface area (Å²) in [6.07, 6.45) is 0. The first-order valence-corrected chi connectivity index (χ1v) is 11.5. The van der Waals surface area contributed by atoms with Crippen molar-refractivity contribution in [1.82, 2.24) is 14.8 Å². The van der Waals surface area contributed by atoms with E-state index in [0.717, 1.165) is 45.2 Å². The average molecular weight is 584 g/mol. The lowest BCUT2D eigenvalue weighted by atomic mass is 9.96. The van der Waals surface area contributed by atoms with Crippen LogP contribution in [0.4, 0.5) is 0 Å². The van der Waals surface area contributed by atoms with Gasteiger partial charge in [-0.15, -0.1) is 10.2 Å². The van der Waals surface area contributed by atoms with Gasteiger partial charge in [0, 0.05) is 16.1 Å². The number of likely N-dealkylation sites (N-methyl/N-ethyl adjacent to an activating group) is 1. The molecule has 174 valence electrons. The number of fused-ring (bicyclic) bond motifs is 3. The van der Waals surface area contributed by atoms with E-state index in [2.05, 4.69) is 73.3 Å². The predicted octanol–water partition coefficient (Wildman–Crippen LogP) is 2.11. The van der Waals surface area contributed by atoms with Crippen LogP contribution in [0, 0.1) is 0 Å². The molecule has 4 aromatic rings. The number of aliphatic imine (C=N–C) groups is 1. The molecule has 0 amide bonds. The van der Waals surface area contributed by atoms with Crippen molar-refractivity contribution in [3.05, 3.63) is 112 Å². The van der Waals surface area contributed by atoms with Crippen molar-refractivity contribution in [3.8, 4) is 5.69 Å². The average Bonchev–Trinajstić information content (AvgIpc) is 3.15. The Morgan fingerprint density at radius 3 is 2.26 bits per heavy atom. The van der Waals surface area contributed by atoms with Gasteiger partial charge in [0.2, 0.25) is 0 Å². The van der Waals surface area contributed by atoms with Crippen LogP contribution in [0.15, 0.2) is 83.9 Å². The highest BCUT2D eigenvalue weighted by molar-refractivity contribution is 6.31. The van der Waals surface area contributed by atoms with Crippen molar-refractivity contribution in [2.45, 2.75) is 12.5 Å². The number of halogens is 2. The Bertz CT molecular complexity index is 1310. The molecule has 0 N–H and O–H groups in total. The van der Waals surface area contributed by atoms with E-state index in [0.29, 0.717) is 11.6 Å². The first kappa shape index (κ1) is 24.6. The van der Waals surface area contributed by atoms with E-state index in [1.807, 2.05) is 36.4 Å². The molecule has 0 bridgehead atoms. The topological polar surface area (TPSA) is 43.1 Å². The highest BCUT2D eigenvalue weighted by Crippen LogP contribution is 2.33. The number of hydrogen-bond donors (Lipinski definition) is 0. The van der Waals surface area contributed by atoms with Crippen LogP contribution in [0.3, 0.4) is 0 Å². The standard InChI is InChI=1S/C27H27ClN5.HI/c1-33(2,3)18-23(19-10-6-4-7-11-19)27-31-30-25-17-29-26(20-12-8-5-9-13-20)22-16-21(28)14-15-24(22)32(25)27;/h4-16,23H,17-18H2,1-3H3;1H/q+1;/p-1. The monoisotopic (exact) mass is 583 g/mol. The maximum Gasteiger partial charge on any atom is 0.159 e. The Kier molecular flexibility index (Phi) is 7.21. The molecule has 5 rings (SSSR count). The number of rotatable bonds is 5. The molecule has 1 aromatic heterocycles. The number of quaternary nitrogens is 1. The second-order valence-electron chi connectivity index (χ2n) is 9.44. The molecule has 1 atom stereocenters. The Labute approximate surface area is 222 Å². The Hall–Kier alpha value is -2.55. The number of hydrogen-bond acceptors (Lipinski definition) is 3. The zero-order valence-electron chi connectivity index (χ0n) is 19.5. The molecule has 0 saturated carbocycles. The summed E-state index contributed by atoms with van der Waals surface area (Å²) in [4.78, 5) is 4.97. The fourth-order valence-corrected chi connectivity index (χ4v) is 4.63. The Morgan fingerprint density at radius 1 is 0.912 bits per heavy atom. The third-order valence-corrected chi connectivity index (χ3v) is 6.11. The zero-order chi connectivity index (χ0) is 23.0. The van der Waals surface area contributed by atoms with Gasteiger partial charge in [0.05, 0.1) is 45.0 Å². The van der Waals surface area contributed by atoms with Crippen molar-refractivity contribution in [1.29, 1.82) is 0 Å². The fraction of sp³-hybridized carbons (Fsp3) is 0.222. The molecule has 1 aliphatic rings. The maximum atomic E-state index is 6.47. The van der Waals surface area contributed by atoms with Crippen LogP contribution in [0.25, 0.3) is 5.69 Å². The van der Waals surface area contributed by atoms with Gasteiger partial charge in [0.25, 0.3) is 0 Å². The van der Waals surface area contributed by atoms with Gasteiger partial charge in [-0.3, -0.25) is 9.56 Å². The second-order valence-corrected chi connectivity index (χ2v) is 9.87. The van der Waals surface area contributed by atoms with Crippen LogP contribution in [-0.2, 0) is 6.54 Å². The molecule has 7 heteroatoms. The van der Waals surface area contributed by atoms with Gasteiger partial charge >= 0.3 is 0 Å². The van der Waals surface area contributed by atoms with E-state index < -0.39 is 0 Å². The first-order chi connectivity index (χ1) is 15.9. The third-order valence-electron chi connectivity index (χ3n) is 5.88. The molecule has 1 unspecified atom stereocenters. The predicted molar refractivity (Wildman–Crippen MR) is 133 cm³/mol. The van der Waals surface area contributed by atoms with E-state index in [9.17, 15) is 0 Å². The van der Waals surface area contributed by atoms with Crippen LogP contribution in [-0.4, -0.2) is 52.6 Å². The molecule has 0 saturated heterocycles. The van der Waals surface area contributed by atoms with E-state index in [-0.39, 0.29) is 29.9 Å². The first-order valence-electron chi connectivity index (χ1n) is 11.1. The quantitative estimate of drug-likeness (QED) is 0.267. The summed E-state index contributed by atoms with van der Waals surface area (Å²) in [5.74, 6) is 1.84. The molecule has 0 spiro atoms. The van der Waals surface area contributed by atoms with Gasteiger partial charge < -0.3 is 28.5 Å². The summed E-state index contributed by atoms with van der Waals surface area (Å²) < 4.78 is 3.00.